The molecule has 1 N–H and O–H groups in total. The van der Waals surface area contributed by atoms with Crippen LogP contribution in [-0.2, 0) is 20.7 Å². The Hall–Kier alpha value is -2.04. The molecule has 0 radical (unpaired) electrons. The minimum absolute atomic E-state index is 0.133. The fourth-order valence-corrected chi connectivity index (χ4v) is 1.67. The van der Waals surface area contributed by atoms with E-state index in [4.69, 9.17) is 4.74 Å². The molecule has 0 aromatic heterocycles. The van der Waals surface area contributed by atoms with Crippen molar-refractivity contribution in [3.63, 3.8) is 0 Å². The van der Waals surface area contributed by atoms with Gasteiger partial charge in [0.15, 0.2) is 6.10 Å². The molecular formula is C12H13NO4. The fraction of sp³-hybridized carbons (Fsp3) is 0.333. The Morgan fingerprint density at radius 2 is 2.24 bits per heavy atom. The van der Waals surface area contributed by atoms with Gasteiger partial charge in [0.05, 0.1) is 7.11 Å². The first-order valence-corrected chi connectivity index (χ1v) is 5.30. The zero-order valence-electron chi connectivity index (χ0n) is 9.43. The topological polar surface area (TPSA) is 64.6 Å². The number of amides is 1. The molecule has 0 aliphatic carbocycles. The number of hydrogen-bond acceptors (Lipinski definition) is 4. The summed E-state index contributed by atoms with van der Waals surface area (Å²) in [6.45, 7) is -0.133. The zero-order chi connectivity index (χ0) is 12.3. The second-order valence-electron chi connectivity index (χ2n) is 3.71. The Morgan fingerprint density at radius 3 is 2.94 bits per heavy atom. The normalized spacial score (nSPS) is 16.9. The summed E-state index contributed by atoms with van der Waals surface area (Å²) in [5, 5.41) is 2.47. The van der Waals surface area contributed by atoms with Gasteiger partial charge >= 0.3 is 5.97 Å². The third-order valence-electron chi connectivity index (χ3n) is 2.57. The molecule has 1 atom stereocenters. The first-order valence-electron chi connectivity index (χ1n) is 5.30. The zero-order valence-corrected chi connectivity index (χ0v) is 9.43. The molecule has 5 nitrogen and oxygen atoms in total. The highest BCUT2D eigenvalue weighted by Gasteiger charge is 2.28. The Morgan fingerprint density at radius 1 is 1.47 bits per heavy atom. The predicted octanol–water partition coefficient (Wildman–Crippen LogP) is 0.279. The summed E-state index contributed by atoms with van der Waals surface area (Å²) in [6, 6.07) is 7.50. The van der Waals surface area contributed by atoms with Crippen LogP contribution in [0.3, 0.4) is 0 Å². The van der Waals surface area contributed by atoms with Crippen LogP contribution in [-0.4, -0.2) is 31.6 Å². The van der Waals surface area contributed by atoms with E-state index in [2.05, 4.69) is 10.1 Å². The Balaban J connectivity index is 1.90. The number of nitrogens with one attached hydrogen (secondary N) is 1. The summed E-state index contributed by atoms with van der Waals surface area (Å²) < 4.78 is 9.90. The average Bonchev–Trinajstić information content (AvgIpc) is 2.79. The Kier molecular flexibility index (Phi) is 3.27. The first-order chi connectivity index (χ1) is 8.20. The number of carbonyl (C=O) groups excluding carboxylic acids is 2. The van der Waals surface area contributed by atoms with Crippen LogP contribution in [0.15, 0.2) is 24.3 Å². The lowest BCUT2D eigenvalue weighted by Gasteiger charge is -2.10. The van der Waals surface area contributed by atoms with Gasteiger partial charge in [-0.15, -0.1) is 0 Å². The van der Waals surface area contributed by atoms with Gasteiger partial charge in [0.1, 0.15) is 12.3 Å². The van der Waals surface area contributed by atoms with Gasteiger partial charge in [0.2, 0.25) is 0 Å². The summed E-state index contributed by atoms with van der Waals surface area (Å²) >= 11 is 0. The highest BCUT2D eigenvalue weighted by molar-refractivity contribution is 5.86. The molecule has 5 heteroatoms. The van der Waals surface area contributed by atoms with E-state index in [1.807, 2.05) is 24.3 Å². The maximum absolute atomic E-state index is 11.7. The number of fused-ring (bicyclic) bond motifs is 1. The molecule has 1 aliphatic heterocycles. The van der Waals surface area contributed by atoms with E-state index < -0.39 is 12.1 Å². The number of esters is 1. The molecule has 1 heterocycles. The Labute approximate surface area is 98.7 Å². The van der Waals surface area contributed by atoms with Crippen LogP contribution in [0.1, 0.15) is 5.56 Å². The summed E-state index contributed by atoms with van der Waals surface area (Å²) in [7, 11) is 1.27. The number of hydrogen-bond donors (Lipinski definition) is 1. The highest BCUT2D eigenvalue weighted by atomic mass is 16.5. The summed E-state index contributed by atoms with van der Waals surface area (Å²) in [6.07, 6.45) is -0.0273. The lowest BCUT2D eigenvalue weighted by atomic mass is 10.1. The number of methoxy groups -OCH3 is 1. The van der Waals surface area contributed by atoms with Gasteiger partial charge in [-0.2, -0.15) is 0 Å². The lowest BCUT2D eigenvalue weighted by molar-refractivity contribution is -0.141. The molecule has 0 spiro atoms. The largest absolute Gasteiger partial charge is 0.480 e. The molecular weight excluding hydrogens is 222 g/mol. The third-order valence-corrected chi connectivity index (χ3v) is 2.57. The average molecular weight is 235 g/mol. The first kappa shape index (κ1) is 11.4. The van der Waals surface area contributed by atoms with Crippen LogP contribution in [0.2, 0.25) is 0 Å². The minimum atomic E-state index is -0.558. The maximum Gasteiger partial charge on any atom is 0.325 e. The number of benzene rings is 1. The molecule has 17 heavy (non-hydrogen) atoms. The molecule has 1 aromatic carbocycles. The van der Waals surface area contributed by atoms with E-state index in [9.17, 15) is 9.59 Å². The van der Waals surface area contributed by atoms with Gasteiger partial charge in [-0.05, 0) is 11.6 Å². The van der Waals surface area contributed by atoms with E-state index in [-0.39, 0.29) is 12.5 Å². The van der Waals surface area contributed by atoms with Crippen LogP contribution >= 0.6 is 0 Å². The van der Waals surface area contributed by atoms with Crippen molar-refractivity contribution >= 4 is 11.9 Å². The Bertz CT molecular complexity index is 419. The van der Waals surface area contributed by atoms with Crippen LogP contribution < -0.4 is 10.1 Å². The number of ether oxygens (including phenoxy) is 2. The highest BCUT2D eigenvalue weighted by Crippen LogP contribution is 2.27. The van der Waals surface area contributed by atoms with Crippen LogP contribution in [0, 0.1) is 0 Å². The van der Waals surface area contributed by atoms with Crippen molar-refractivity contribution in [2.75, 3.05) is 13.7 Å². The summed E-state index contributed by atoms with van der Waals surface area (Å²) in [4.78, 5) is 22.6. The second-order valence-corrected chi connectivity index (χ2v) is 3.71. The van der Waals surface area contributed by atoms with Crippen LogP contribution in [0.4, 0.5) is 0 Å². The lowest BCUT2D eigenvalue weighted by Crippen LogP contribution is -2.40. The molecule has 1 amide bonds. The minimum Gasteiger partial charge on any atom is -0.480 e. The van der Waals surface area contributed by atoms with E-state index in [0.29, 0.717) is 6.42 Å². The molecule has 0 fully saturated rings. The van der Waals surface area contributed by atoms with Gasteiger partial charge in [0.25, 0.3) is 5.91 Å². The molecule has 0 saturated heterocycles. The fourth-order valence-electron chi connectivity index (χ4n) is 1.67. The van der Waals surface area contributed by atoms with Crippen molar-refractivity contribution in [1.29, 1.82) is 0 Å². The molecule has 2 rings (SSSR count). The molecule has 1 aliphatic rings. The third kappa shape index (κ3) is 2.55. The molecule has 0 saturated carbocycles. The number of carbonyl (C=O) groups is 2. The van der Waals surface area contributed by atoms with Crippen molar-refractivity contribution in [2.45, 2.75) is 12.5 Å². The van der Waals surface area contributed by atoms with E-state index >= 15 is 0 Å². The van der Waals surface area contributed by atoms with E-state index in [0.717, 1.165) is 11.3 Å². The monoisotopic (exact) mass is 235 g/mol. The maximum atomic E-state index is 11.7. The predicted molar refractivity (Wildman–Crippen MR) is 59.6 cm³/mol. The molecule has 1 aromatic rings. The number of para-hydroxylation sites is 1. The van der Waals surface area contributed by atoms with Crippen molar-refractivity contribution in [1.82, 2.24) is 5.32 Å². The number of rotatable bonds is 3. The van der Waals surface area contributed by atoms with Crippen LogP contribution in [0.5, 0.6) is 5.75 Å². The van der Waals surface area contributed by atoms with Crippen molar-refractivity contribution in [3.05, 3.63) is 29.8 Å². The molecule has 0 bridgehead atoms. The quantitative estimate of drug-likeness (QED) is 0.764. The van der Waals surface area contributed by atoms with Crippen molar-refractivity contribution in [2.24, 2.45) is 0 Å². The van der Waals surface area contributed by atoms with Gasteiger partial charge < -0.3 is 14.8 Å². The van der Waals surface area contributed by atoms with Crippen molar-refractivity contribution in [3.8, 4) is 5.75 Å². The smallest absolute Gasteiger partial charge is 0.325 e. The van der Waals surface area contributed by atoms with E-state index in [1.165, 1.54) is 7.11 Å². The summed E-state index contributed by atoms with van der Waals surface area (Å²) in [5.74, 6) is -0.0498. The standard InChI is InChI=1S/C12H13NO4/c1-16-11(14)7-13-12(15)10-6-8-4-2-3-5-9(8)17-10/h2-5,10H,6-7H2,1H3,(H,13,15)/t10-/m0/s1. The second kappa shape index (κ2) is 4.86. The van der Waals surface area contributed by atoms with Gasteiger partial charge in [-0.25, -0.2) is 0 Å². The summed E-state index contributed by atoms with van der Waals surface area (Å²) in [5.41, 5.74) is 1.01. The van der Waals surface area contributed by atoms with Crippen LogP contribution in [0.25, 0.3) is 0 Å². The SMILES string of the molecule is COC(=O)CNC(=O)[C@@H]1Cc2ccccc2O1. The molecule has 0 unspecified atom stereocenters. The van der Waals surface area contributed by atoms with E-state index in [1.54, 1.807) is 0 Å². The van der Waals surface area contributed by atoms with Gasteiger partial charge in [-0.1, -0.05) is 18.2 Å². The molecule has 90 valence electrons. The van der Waals surface area contributed by atoms with Gasteiger partial charge in [0, 0.05) is 6.42 Å². The van der Waals surface area contributed by atoms with Crippen molar-refractivity contribution < 1.29 is 19.1 Å². The van der Waals surface area contributed by atoms with Gasteiger partial charge in [-0.3, -0.25) is 9.59 Å².